The molecule has 0 unspecified atom stereocenters. The van der Waals surface area contributed by atoms with Crippen molar-refractivity contribution in [2.24, 2.45) is 0 Å². The molecule has 6 heteroatoms. The Morgan fingerprint density at radius 2 is 1.86 bits per heavy atom. The second-order valence-electron chi connectivity index (χ2n) is 4.56. The topological polar surface area (TPSA) is 66.4 Å². The molecule has 0 amide bonds. The third kappa shape index (κ3) is 2.78. The van der Waals surface area contributed by atoms with E-state index in [2.05, 4.69) is 4.72 Å². The van der Waals surface area contributed by atoms with Crippen LogP contribution >= 0.6 is 11.3 Å². The zero-order valence-electron chi connectivity index (χ0n) is 11.0. The van der Waals surface area contributed by atoms with Crippen LogP contribution in [0.15, 0.2) is 58.1 Å². The lowest BCUT2D eigenvalue weighted by molar-refractivity contribution is 0.282. The van der Waals surface area contributed by atoms with Gasteiger partial charge in [-0.05, 0) is 28.5 Å². The lowest BCUT2D eigenvalue weighted by Gasteiger charge is -2.09. The first kappa shape index (κ1) is 14.1. The molecule has 2 aromatic carbocycles. The van der Waals surface area contributed by atoms with Crippen LogP contribution in [0.3, 0.4) is 0 Å². The van der Waals surface area contributed by atoms with Crippen molar-refractivity contribution in [2.75, 3.05) is 4.72 Å². The van der Waals surface area contributed by atoms with Crippen molar-refractivity contribution in [1.29, 1.82) is 0 Å². The predicted octanol–water partition coefficient (Wildman–Crippen LogP) is 3.19. The average molecular weight is 319 g/mol. The third-order valence-electron chi connectivity index (χ3n) is 3.11. The first-order chi connectivity index (χ1) is 10.1. The number of hydrogen-bond donors (Lipinski definition) is 2. The maximum atomic E-state index is 12.4. The van der Waals surface area contributed by atoms with E-state index >= 15 is 0 Å². The zero-order chi connectivity index (χ0) is 14.9. The summed E-state index contributed by atoms with van der Waals surface area (Å²) in [7, 11) is -3.64. The molecule has 2 N–H and O–H groups in total. The van der Waals surface area contributed by atoms with Gasteiger partial charge in [-0.2, -0.15) is 0 Å². The van der Waals surface area contributed by atoms with Crippen molar-refractivity contribution in [3.05, 3.63) is 59.5 Å². The molecule has 3 rings (SSSR count). The number of sulfonamides is 1. The second kappa shape index (κ2) is 5.48. The van der Waals surface area contributed by atoms with Gasteiger partial charge >= 0.3 is 0 Å². The van der Waals surface area contributed by atoms with Crippen molar-refractivity contribution in [2.45, 2.75) is 10.8 Å². The van der Waals surface area contributed by atoms with Gasteiger partial charge in [-0.15, -0.1) is 11.3 Å². The molecule has 1 heterocycles. The third-order valence-corrected chi connectivity index (χ3v) is 5.96. The number of thiophene rings is 1. The molecule has 0 aliphatic rings. The van der Waals surface area contributed by atoms with Crippen LogP contribution in [0.25, 0.3) is 10.8 Å². The molecular weight excluding hydrogens is 306 g/mol. The Kier molecular flexibility index (Phi) is 3.67. The largest absolute Gasteiger partial charge is 0.392 e. The minimum atomic E-state index is -3.64. The molecule has 3 aromatic rings. The number of nitrogens with one attached hydrogen (secondary N) is 1. The van der Waals surface area contributed by atoms with Crippen molar-refractivity contribution < 1.29 is 13.5 Å². The van der Waals surface area contributed by atoms with Gasteiger partial charge in [0.1, 0.15) is 4.21 Å². The van der Waals surface area contributed by atoms with Gasteiger partial charge in [-0.3, -0.25) is 4.72 Å². The van der Waals surface area contributed by atoms with E-state index < -0.39 is 10.0 Å². The van der Waals surface area contributed by atoms with Crippen molar-refractivity contribution in [3.63, 3.8) is 0 Å². The van der Waals surface area contributed by atoms with E-state index in [9.17, 15) is 8.42 Å². The number of aliphatic hydroxyl groups excluding tert-OH is 1. The summed E-state index contributed by atoms with van der Waals surface area (Å²) in [6.45, 7) is -0.166. The average Bonchev–Trinajstić information content (AvgIpc) is 2.97. The van der Waals surface area contributed by atoms with Crippen LogP contribution < -0.4 is 4.72 Å². The molecule has 0 saturated heterocycles. The van der Waals surface area contributed by atoms with Crippen molar-refractivity contribution >= 4 is 37.8 Å². The smallest absolute Gasteiger partial charge is 0.271 e. The minimum absolute atomic E-state index is 0.166. The van der Waals surface area contributed by atoms with Crippen LogP contribution in [0.4, 0.5) is 5.69 Å². The monoisotopic (exact) mass is 319 g/mol. The summed E-state index contributed by atoms with van der Waals surface area (Å²) in [5.74, 6) is 0. The normalized spacial score (nSPS) is 11.7. The van der Waals surface area contributed by atoms with Crippen LogP contribution in [-0.2, 0) is 16.6 Å². The Balaban J connectivity index is 2.01. The Hall–Kier alpha value is -1.89. The first-order valence-corrected chi connectivity index (χ1v) is 8.65. The zero-order valence-corrected chi connectivity index (χ0v) is 12.6. The summed E-state index contributed by atoms with van der Waals surface area (Å²) in [5, 5.41) is 12.5. The SMILES string of the molecule is O=S(=O)(Nc1cccc2ccccc12)c1cc(CO)cs1. The quantitative estimate of drug-likeness (QED) is 0.776. The summed E-state index contributed by atoms with van der Waals surface area (Å²) in [6.07, 6.45) is 0. The highest BCUT2D eigenvalue weighted by molar-refractivity contribution is 7.94. The maximum Gasteiger partial charge on any atom is 0.271 e. The molecule has 0 spiro atoms. The highest BCUT2D eigenvalue weighted by Crippen LogP contribution is 2.27. The molecule has 0 atom stereocenters. The Morgan fingerprint density at radius 1 is 1.10 bits per heavy atom. The van der Waals surface area contributed by atoms with Crippen molar-refractivity contribution in [1.82, 2.24) is 0 Å². The number of rotatable bonds is 4. The van der Waals surface area contributed by atoms with Crippen LogP contribution in [0.5, 0.6) is 0 Å². The molecular formula is C15H13NO3S2. The van der Waals surface area contributed by atoms with E-state index in [0.29, 0.717) is 11.3 Å². The van der Waals surface area contributed by atoms with Crippen molar-refractivity contribution in [3.8, 4) is 0 Å². The first-order valence-electron chi connectivity index (χ1n) is 6.29. The van der Waals surface area contributed by atoms with Gasteiger partial charge in [0.25, 0.3) is 10.0 Å². The summed E-state index contributed by atoms with van der Waals surface area (Å²) in [4.78, 5) is 0. The molecule has 0 fully saturated rings. The standard InChI is InChI=1S/C15H13NO3S2/c17-9-11-8-15(20-10-11)21(18,19)16-14-7-3-5-12-4-1-2-6-13(12)14/h1-8,10,16-17H,9H2. The molecule has 4 nitrogen and oxygen atoms in total. The van der Waals surface area contributed by atoms with E-state index in [1.165, 1.54) is 6.07 Å². The molecule has 21 heavy (non-hydrogen) atoms. The summed E-state index contributed by atoms with van der Waals surface area (Å²) >= 11 is 1.10. The molecule has 0 aliphatic heterocycles. The molecule has 1 aromatic heterocycles. The second-order valence-corrected chi connectivity index (χ2v) is 7.38. The number of hydrogen-bond acceptors (Lipinski definition) is 4. The predicted molar refractivity (Wildman–Crippen MR) is 85.0 cm³/mol. The molecule has 0 bridgehead atoms. The van der Waals surface area contributed by atoms with Crippen LogP contribution in [-0.4, -0.2) is 13.5 Å². The van der Waals surface area contributed by atoms with Gasteiger partial charge in [0.2, 0.25) is 0 Å². The molecule has 0 saturated carbocycles. The number of fused-ring (bicyclic) bond motifs is 1. The number of benzene rings is 2. The molecule has 0 radical (unpaired) electrons. The number of aliphatic hydroxyl groups is 1. The van der Waals surface area contributed by atoms with Gasteiger partial charge < -0.3 is 5.11 Å². The fourth-order valence-electron chi connectivity index (χ4n) is 2.09. The fourth-order valence-corrected chi connectivity index (χ4v) is 4.37. The maximum absolute atomic E-state index is 12.4. The molecule has 0 aliphatic carbocycles. The van der Waals surface area contributed by atoms with E-state index in [-0.39, 0.29) is 10.8 Å². The summed E-state index contributed by atoms with van der Waals surface area (Å²) in [6, 6.07) is 14.6. The van der Waals surface area contributed by atoms with Gasteiger partial charge in [-0.25, -0.2) is 8.42 Å². The fraction of sp³-hybridized carbons (Fsp3) is 0.0667. The Labute approximate surface area is 126 Å². The Bertz CT molecular complexity index is 879. The lowest BCUT2D eigenvalue weighted by Crippen LogP contribution is -2.11. The van der Waals surface area contributed by atoms with Gasteiger partial charge in [0, 0.05) is 5.39 Å². The summed E-state index contributed by atoms with van der Waals surface area (Å²) in [5.41, 5.74) is 1.14. The van der Waals surface area contributed by atoms with E-state index in [1.807, 2.05) is 36.4 Å². The van der Waals surface area contributed by atoms with Crippen LogP contribution in [0, 0.1) is 0 Å². The minimum Gasteiger partial charge on any atom is -0.392 e. The van der Waals surface area contributed by atoms with E-state index in [0.717, 1.165) is 22.1 Å². The van der Waals surface area contributed by atoms with Gasteiger partial charge in [0.05, 0.1) is 12.3 Å². The lowest BCUT2D eigenvalue weighted by atomic mass is 10.1. The number of anilines is 1. The Morgan fingerprint density at radius 3 is 2.62 bits per heavy atom. The highest BCUT2D eigenvalue weighted by atomic mass is 32.2. The van der Waals surface area contributed by atoms with Gasteiger partial charge in [-0.1, -0.05) is 36.4 Å². The highest BCUT2D eigenvalue weighted by Gasteiger charge is 2.17. The van der Waals surface area contributed by atoms with E-state index in [4.69, 9.17) is 5.11 Å². The molecule has 108 valence electrons. The summed E-state index contributed by atoms with van der Waals surface area (Å²) < 4.78 is 27.6. The van der Waals surface area contributed by atoms with Gasteiger partial charge in [0.15, 0.2) is 0 Å². The van der Waals surface area contributed by atoms with E-state index in [1.54, 1.807) is 11.4 Å². The van der Waals surface area contributed by atoms with Crippen LogP contribution in [0.1, 0.15) is 5.56 Å². The van der Waals surface area contributed by atoms with Crippen LogP contribution in [0.2, 0.25) is 0 Å².